The molecule has 0 N–H and O–H groups in total. The van der Waals surface area contributed by atoms with E-state index in [9.17, 15) is 0 Å². The summed E-state index contributed by atoms with van der Waals surface area (Å²) in [5, 5.41) is 0. The van der Waals surface area contributed by atoms with Gasteiger partial charge in [-0.05, 0) is 19.9 Å². The maximum Gasteiger partial charge on any atom is 0.125 e. The van der Waals surface area contributed by atoms with Gasteiger partial charge >= 0.3 is 0 Å². The zero-order valence-electron chi connectivity index (χ0n) is 9.04. The Hall–Kier alpha value is -1.09. The van der Waals surface area contributed by atoms with E-state index < -0.39 is 0 Å². The summed E-state index contributed by atoms with van der Waals surface area (Å²) >= 11 is 0. The number of ether oxygens (including phenoxy) is 2. The van der Waals surface area contributed by atoms with Crippen molar-refractivity contribution in [3.8, 4) is 5.75 Å². The number of nitrogens with zero attached hydrogens (tertiary/aromatic N) is 1. The van der Waals surface area contributed by atoms with Gasteiger partial charge in [-0.1, -0.05) is 0 Å². The summed E-state index contributed by atoms with van der Waals surface area (Å²) in [4.78, 5) is 4.18. The number of rotatable bonds is 5. The average molecular weight is 195 g/mol. The topological polar surface area (TPSA) is 31.4 Å². The van der Waals surface area contributed by atoms with Crippen LogP contribution in [0.15, 0.2) is 12.3 Å². The largest absolute Gasteiger partial charge is 0.493 e. The first-order chi connectivity index (χ1) is 6.75. The SMILES string of the molecule is COCCCOc1ccnc(C)c1C. The van der Waals surface area contributed by atoms with Gasteiger partial charge < -0.3 is 9.47 Å². The van der Waals surface area contributed by atoms with Gasteiger partial charge in [-0.25, -0.2) is 0 Å². The zero-order chi connectivity index (χ0) is 10.4. The van der Waals surface area contributed by atoms with Crippen molar-refractivity contribution in [1.82, 2.24) is 4.98 Å². The lowest BCUT2D eigenvalue weighted by molar-refractivity contribution is 0.172. The molecule has 1 heterocycles. The smallest absolute Gasteiger partial charge is 0.125 e. The first kappa shape index (κ1) is 11.0. The van der Waals surface area contributed by atoms with Gasteiger partial charge in [-0.2, -0.15) is 0 Å². The second-order valence-electron chi connectivity index (χ2n) is 3.21. The molecule has 14 heavy (non-hydrogen) atoms. The molecular weight excluding hydrogens is 178 g/mol. The van der Waals surface area contributed by atoms with E-state index in [0.717, 1.165) is 30.0 Å². The maximum absolute atomic E-state index is 5.60. The minimum Gasteiger partial charge on any atom is -0.493 e. The first-order valence-electron chi connectivity index (χ1n) is 4.79. The standard InChI is InChI=1S/C11H17NO2/c1-9-10(2)12-6-5-11(9)14-8-4-7-13-3/h5-6H,4,7-8H2,1-3H3. The first-order valence-corrected chi connectivity index (χ1v) is 4.79. The van der Waals surface area contributed by atoms with E-state index >= 15 is 0 Å². The van der Waals surface area contributed by atoms with Crippen LogP contribution in [0.5, 0.6) is 5.75 Å². The van der Waals surface area contributed by atoms with E-state index in [0.29, 0.717) is 6.61 Å². The predicted octanol–water partition coefficient (Wildman–Crippen LogP) is 2.11. The fourth-order valence-corrected chi connectivity index (χ4v) is 1.16. The molecule has 3 heteroatoms. The Morgan fingerprint density at radius 1 is 1.29 bits per heavy atom. The van der Waals surface area contributed by atoms with Crippen LogP contribution in [0.3, 0.4) is 0 Å². The van der Waals surface area contributed by atoms with Crippen molar-refractivity contribution in [3.05, 3.63) is 23.5 Å². The Bertz CT molecular complexity index is 287. The van der Waals surface area contributed by atoms with Crippen molar-refractivity contribution in [2.45, 2.75) is 20.3 Å². The van der Waals surface area contributed by atoms with Gasteiger partial charge in [0, 0.05) is 37.6 Å². The van der Waals surface area contributed by atoms with Gasteiger partial charge in [0.2, 0.25) is 0 Å². The Balaban J connectivity index is 2.46. The normalized spacial score (nSPS) is 10.2. The quantitative estimate of drug-likeness (QED) is 0.674. The van der Waals surface area contributed by atoms with Crippen LogP contribution in [0.4, 0.5) is 0 Å². The van der Waals surface area contributed by atoms with Crippen LogP contribution < -0.4 is 4.74 Å². The van der Waals surface area contributed by atoms with Crippen LogP contribution in [0, 0.1) is 13.8 Å². The Kier molecular flexibility index (Phi) is 4.40. The third-order valence-electron chi connectivity index (χ3n) is 2.16. The van der Waals surface area contributed by atoms with E-state index in [1.807, 2.05) is 19.9 Å². The second-order valence-corrected chi connectivity index (χ2v) is 3.21. The molecule has 0 aliphatic rings. The maximum atomic E-state index is 5.60. The van der Waals surface area contributed by atoms with E-state index in [-0.39, 0.29) is 0 Å². The van der Waals surface area contributed by atoms with E-state index in [1.165, 1.54) is 0 Å². The molecule has 78 valence electrons. The van der Waals surface area contributed by atoms with Crippen molar-refractivity contribution in [1.29, 1.82) is 0 Å². The number of aryl methyl sites for hydroxylation is 1. The Morgan fingerprint density at radius 2 is 2.07 bits per heavy atom. The van der Waals surface area contributed by atoms with Crippen LogP contribution in [0.1, 0.15) is 17.7 Å². The number of hydrogen-bond donors (Lipinski definition) is 0. The number of pyridine rings is 1. The molecule has 1 rings (SSSR count). The summed E-state index contributed by atoms with van der Waals surface area (Å²) in [5.41, 5.74) is 2.14. The summed E-state index contributed by atoms with van der Waals surface area (Å²) < 4.78 is 10.5. The van der Waals surface area contributed by atoms with Crippen molar-refractivity contribution in [2.24, 2.45) is 0 Å². The molecule has 0 aliphatic heterocycles. The lowest BCUT2D eigenvalue weighted by atomic mass is 10.2. The highest BCUT2D eigenvalue weighted by Crippen LogP contribution is 2.18. The minimum absolute atomic E-state index is 0.693. The summed E-state index contributed by atoms with van der Waals surface area (Å²) in [6.45, 7) is 5.44. The summed E-state index contributed by atoms with van der Waals surface area (Å²) in [6, 6.07) is 1.90. The summed E-state index contributed by atoms with van der Waals surface area (Å²) in [5.74, 6) is 0.925. The highest BCUT2D eigenvalue weighted by Gasteiger charge is 2.01. The molecule has 0 saturated heterocycles. The molecule has 1 aromatic rings. The van der Waals surface area contributed by atoms with Crippen LogP contribution in [0.2, 0.25) is 0 Å². The molecule has 0 saturated carbocycles. The van der Waals surface area contributed by atoms with Crippen LogP contribution >= 0.6 is 0 Å². The molecule has 0 radical (unpaired) electrons. The van der Waals surface area contributed by atoms with Crippen molar-refractivity contribution in [3.63, 3.8) is 0 Å². The molecular formula is C11H17NO2. The minimum atomic E-state index is 0.693. The molecule has 3 nitrogen and oxygen atoms in total. The molecule has 0 unspecified atom stereocenters. The number of hydrogen-bond acceptors (Lipinski definition) is 3. The number of aromatic nitrogens is 1. The number of methoxy groups -OCH3 is 1. The molecule has 0 amide bonds. The summed E-state index contributed by atoms with van der Waals surface area (Å²) in [6.07, 6.45) is 2.69. The molecule has 0 aromatic carbocycles. The fourth-order valence-electron chi connectivity index (χ4n) is 1.16. The molecule has 0 spiro atoms. The van der Waals surface area contributed by atoms with E-state index in [1.54, 1.807) is 13.3 Å². The van der Waals surface area contributed by atoms with Crippen LogP contribution in [-0.4, -0.2) is 25.3 Å². The Labute approximate surface area is 85.1 Å². The van der Waals surface area contributed by atoms with E-state index in [2.05, 4.69) is 4.98 Å². The van der Waals surface area contributed by atoms with Crippen molar-refractivity contribution >= 4 is 0 Å². The second kappa shape index (κ2) is 5.60. The monoisotopic (exact) mass is 195 g/mol. The van der Waals surface area contributed by atoms with Gasteiger partial charge in [0.15, 0.2) is 0 Å². The predicted molar refractivity (Wildman–Crippen MR) is 55.7 cm³/mol. The summed E-state index contributed by atoms with van der Waals surface area (Å²) in [7, 11) is 1.70. The van der Waals surface area contributed by atoms with Crippen molar-refractivity contribution < 1.29 is 9.47 Å². The average Bonchev–Trinajstić information content (AvgIpc) is 2.19. The third kappa shape index (κ3) is 3.00. The molecule has 0 atom stereocenters. The van der Waals surface area contributed by atoms with Gasteiger partial charge in [0.25, 0.3) is 0 Å². The highest BCUT2D eigenvalue weighted by molar-refractivity contribution is 5.33. The lowest BCUT2D eigenvalue weighted by Crippen LogP contribution is -2.03. The van der Waals surface area contributed by atoms with Gasteiger partial charge in [0.05, 0.1) is 6.61 Å². The zero-order valence-corrected chi connectivity index (χ0v) is 9.04. The Morgan fingerprint density at radius 3 is 2.79 bits per heavy atom. The molecule has 0 aliphatic carbocycles. The molecule has 0 fully saturated rings. The van der Waals surface area contributed by atoms with Gasteiger partial charge in [0.1, 0.15) is 5.75 Å². The van der Waals surface area contributed by atoms with Crippen molar-refractivity contribution in [2.75, 3.05) is 20.3 Å². The van der Waals surface area contributed by atoms with Crippen LogP contribution in [-0.2, 0) is 4.74 Å². The lowest BCUT2D eigenvalue weighted by Gasteiger charge is -2.09. The van der Waals surface area contributed by atoms with Gasteiger partial charge in [-0.3, -0.25) is 4.98 Å². The fraction of sp³-hybridized carbons (Fsp3) is 0.545. The van der Waals surface area contributed by atoms with E-state index in [4.69, 9.17) is 9.47 Å². The van der Waals surface area contributed by atoms with Gasteiger partial charge in [-0.15, -0.1) is 0 Å². The molecule has 0 bridgehead atoms. The molecule has 1 aromatic heterocycles. The van der Waals surface area contributed by atoms with Crippen LogP contribution in [0.25, 0.3) is 0 Å². The third-order valence-corrected chi connectivity index (χ3v) is 2.16. The highest BCUT2D eigenvalue weighted by atomic mass is 16.5.